The van der Waals surface area contributed by atoms with Crippen LogP contribution >= 0.6 is 0 Å². The highest BCUT2D eigenvalue weighted by atomic mass is 16.5. The molecule has 34 heavy (non-hydrogen) atoms. The van der Waals surface area contributed by atoms with Crippen molar-refractivity contribution < 1.29 is 14.3 Å². The first-order valence-corrected chi connectivity index (χ1v) is 12.4. The summed E-state index contributed by atoms with van der Waals surface area (Å²) in [4.78, 5) is 19.7. The predicted molar refractivity (Wildman–Crippen MR) is 137 cm³/mol. The molecule has 0 aliphatic carbocycles. The first kappa shape index (κ1) is 24.2. The summed E-state index contributed by atoms with van der Waals surface area (Å²) in [5.74, 6) is 2.21. The van der Waals surface area contributed by atoms with E-state index in [1.807, 2.05) is 35.2 Å². The summed E-state index contributed by atoms with van der Waals surface area (Å²) >= 11 is 0. The number of benzene rings is 2. The van der Waals surface area contributed by atoms with Crippen molar-refractivity contribution in [3.8, 4) is 11.5 Å². The second-order valence-corrected chi connectivity index (χ2v) is 9.47. The largest absolute Gasteiger partial charge is 0.497 e. The molecule has 2 fully saturated rings. The number of rotatable bonds is 6. The van der Waals surface area contributed by atoms with Crippen LogP contribution in [0.3, 0.4) is 0 Å². The van der Waals surface area contributed by atoms with Gasteiger partial charge in [-0.25, -0.2) is 4.79 Å². The van der Waals surface area contributed by atoms with Gasteiger partial charge in [-0.1, -0.05) is 6.07 Å². The van der Waals surface area contributed by atoms with E-state index in [0.29, 0.717) is 25.0 Å². The molecule has 184 valence electrons. The maximum absolute atomic E-state index is 13.0. The zero-order valence-electron chi connectivity index (χ0n) is 20.9. The van der Waals surface area contributed by atoms with Crippen molar-refractivity contribution in [2.45, 2.75) is 38.6 Å². The van der Waals surface area contributed by atoms with Crippen molar-refractivity contribution >= 4 is 17.4 Å². The molecule has 0 saturated carbocycles. The number of carbonyl (C=O) groups is 1. The summed E-state index contributed by atoms with van der Waals surface area (Å²) < 4.78 is 11.0. The van der Waals surface area contributed by atoms with Gasteiger partial charge in [-0.15, -0.1) is 0 Å². The highest BCUT2D eigenvalue weighted by Crippen LogP contribution is 2.36. The molecule has 2 heterocycles. The molecule has 0 spiro atoms. The van der Waals surface area contributed by atoms with Crippen LogP contribution in [0.2, 0.25) is 0 Å². The Morgan fingerprint density at radius 2 is 1.68 bits per heavy atom. The lowest BCUT2D eigenvalue weighted by Crippen LogP contribution is -2.50. The van der Waals surface area contributed by atoms with E-state index in [0.717, 1.165) is 61.9 Å². The minimum absolute atomic E-state index is 0.0453. The van der Waals surface area contributed by atoms with E-state index in [-0.39, 0.29) is 6.03 Å². The van der Waals surface area contributed by atoms with E-state index in [4.69, 9.17) is 9.47 Å². The second-order valence-electron chi connectivity index (χ2n) is 9.47. The number of methoxy groups -OCH3 is 2. The number of piperidine rings is 1. The van der Waals surface area contributed by atoms with Crippen LogP contribution in [0.25, 0.3) is 0 Å². The Hall–Kier alpha value is -2.93. The van der Waals surface area contributed by atoms with Gasteiger partial charge < -0.3 is 29.5 Å². The summed E-state index contributed by atoms with van der Waals surface area (Å²) in [5.41, 5.74) is 3.16. The fourth-order valence-corrected chi connectivity index (χ4v) is 5.04. The van der Waals surface area contributed by atoms with E-state index in [1.54, 1.807) is 14.2 Å². The van der Waals surface area contributed by atoms with Crippen LogP contribution in [-0.2, 0) is 0 Å². The van der Waals surface area contributed by atoms with Crippen LogP contribution in [0.15, 0.2) is 42.5 Å². The first-order chi connectivity index (χ1) is 16.5. The number of urea groups is 1. The molecule has 4 rings (SSSR count). The van der Waals surface area contributed by atoms with Gasteiger partial charge in [0.05, 0.1) is 14.2 Å². The Morgan fingerprint density at radius 3 is 2.32 bits per heavy atom. The Morgan fingerprint density at radius 1 is 0.941 bits per heavy atom. The number of likely N-dealkylation sites (tertiary alicyclic amines) is 1. The molecule has 2 aromatic rings. The third kappa shape index (κ3) is 5.58. The minimum Gasteiger partial charge on any atom is -0.497 e. The van der Waals surface area contributed by atoms with E-state index in [2.05, 4.69) is 41.1 Å². The quantitative estimate of drug-likeness (QED) is 0.672. The van der Waals surface area contributed by atoms with Crippen molar-refractivity contribution in [1.82, 2.24) is 9.80 Å². The average Bonchev–Trinajstić information content (AvgIpc) is 2.88. The summed E-state index contributed by atoms with van der Waals surface area (Å²) in [6.45, 7) is 9.66. The number of carbonyl (C=O) groups excluding carboxylic acids is 1. The molecule has 2 saturated heterocycles. The van der Waals surface area contributed by atoms with E-state index in [1.165, 1.54) is 5.56 Å². The Bertz CT molecular complexity index is 964. The second kappa shape index (κ2) is 11.0. The topological polar surface area (TPSA) is 57.3 Å². The zero-order chi connectivity index (χ0) is 24.1. The minimum atomic E-state index is -0.0453. The van der Waals surface area contributed by atoms with Crippen LogP contribution in [0.4, 0.5) is 16.2 Å². The van der Waals surface area contributed by atoms with Crippen LogP contribution in [0.1, 0.15) is 38.2 Å². The molecule has 7 heteroatoms. The zero-order valence-corrected chi connectivity index (χ0v) is 20.9. The molecule has 0 bridgehead atoms. The molecule has 1 N–H and O–H groups in total. The van der Waals surface area contributed by atoms with Gasteiger partial charge in [-0.2, -0.15) is 0 Å². The number of anilines is 2. The van der Waals surface area contributed by atoms with Gasteiger partial charge >= 0.3 is 6.03 Å². The number of amides is 2. The Kier molecular flexibility index (Phi) is 7.83. The molecule has 2 aliphatic rings. The number of hydrogen-bond donors (Lipinski definition) is 1. The summed E-state index contributed by atoms with van der Waals surface area (Å²) in [6.07, 6.45) is 2.22. The smallest absolute Gasteiger partial charge is 0.321 e. The van der Waals surface area contributed by atoms with Gasteiger partial charge in [-0.05, 0) is 81.6 Å². The van der Waals surface area contributed by atoms with E-state index < -0.39 is 0 Å². The third-order valence-corrected chi connectivity index (χ3v) is 7.17. The lowest BCUT2D eigenvalue weighted by atomic mass is 9.88. The summed E-state index contributed by atoms with van der Waals surface area (Å²) in [7, 11) is 3.41. The standard InChI is InChI=1S/C27H38N4O3/c1-20(2)29-12-10-21(11-13-29)25-18-22(8-9-26(25)34-4)28-27(32)31-16-14-30(15-17-31)23-6-5-7-24(19-23)33-3/h5-9,18-21H,10-17H2,1-4H3,(H,28,32). The molecule has 2 amide bonds. The molecule has 0 radical (unpaired) electrons. The summed E-state index contributed by atoms with van der Waals surface area (Å²) in [6, 6.07) is 14.7. The molecule has 0 atom stereocenters. The van der Waals surface area contributed by atoms with Crippen molar-refractivity contribution in [2.75, 3.05) is 63.7 Å². The monoisotopic (exact) mass is 466 g/mol. The van der Waals surface area contributed by atoms with Gasteiger partial charge in [0.15, 0.2) is 0 Å². The van der Waals surface area contributed by atoms with Crippen LogP contribution in [0, 0.1) is 0 Å². The Balaban J connectivity index is 1.36. The Labute approximate surface area is 203 Å². The normalized spacial score (nSPS) is 17.7. The highest BCUT2D eigenvalue weighted by Gasteiger charge is 2.26. The SMILES string of the molecule is COc1cccc(N2CCN(C(=O)Nc3ccc(OC)c(C4CCN(C(C)C)CC4)c3)CC2)c1. The molecular weight excluding hydrogens is 428 g/mol. The molecular formula is C27H38N4O3. The molecule has 0 unspecified atom stereocenters. The number of nitrogens with zero attached hydrogens (tertiary/aromatic N) is 3. The number of ether oxygens (including phenoxy) is 2. The van der Waals surface area contributed by atoms with Gasteiger partial charge in [-0.3, -0.25) is 0 Å². The number of nitrogens with one attached hydrogen (secondary N) is 1. The lowest BCUT2D eigenvalue weighted by Gasteiger charge is -2.36. The molecule has 2 aromatic carbocycles. The fraction of sp³-hybridized carbons (Fsp3) is 0.519. The summed E-state index contributed by atoms with van der Waals surface area (Å²) in [5, 5.41) is 3.12. The van der Waals surface area contributed by atoms with Gasteiger partial charge in [0.1, 0.15) is 11.5 Å². The van der Waals surface area contributed by atoms with Gasteiger partial charge in [0.25, 0.3) is 0 Å². The van der Waals surface area contributed by atoms with Crippen LogP contribution in [-0.4, -0.2) is 75.4 Å². The predicted octanol–water partition coefficient (Wildman–Crippen LogP) is 4.65. The highest BCUT2D eigenvalue weighted by molar-refractivity contribution is 5.89. The fourth-order valence-electron chi connectivity index (χ4n) is 5.04. The van der Waals surface area contributed by atoms with Crippen molar-refractivity contribution in [1.29, 1.82) is 0 Å². The van der Waals surface area contributed by atoms with Gasteiger partial charge in [0, 0.05) is 49.7 Å². The average molecular weight is 467 g/mol. The van der Waals surface area contributed by atoms with Crippen LogP contribution < -0.4 is 19.7 Å². The van der Waals surface area contributed by atoms with Crippen LogP contribution in [0.5, 0.6) is 11.5 Å². The third-order valence-electron chi connectivity index (χ3n) is 7.17. The van der Waals surface area contributed by atoms with Gasteiger partial charge in [0.2, 0.25) is 0 Å². The lowest BCUT2D eigenvalue weighted by molar-refractivity contribution is 0.171. The molecule has 0 aromatic heterocycles. The van der Waals surface area contributed by atoms with Crippen molar-refractivity contribution in [3.63, 3.8) is 0 Å². The number of piperazine rings is 1. The molecule has 2 aliphatic heterocycles. The van der Waals surface area contributed by atoms with Crippen molar-refractivity contribution in [3.05, 3.63) is 48.0 Å². The maximum Gasteiger partial charge on any atom is 0.321 e. The van der Waals surface area contributed by atoms with E-state index in [9.17, 15) is 4.79 Å². The number of hydrogen-bond acceptors (Lipinski definition) is 5. The van der Waals surface area contributed by atoms with Crippen molar-refractivity contribution in [2.24, 2.45) is 0 Å². The van der Waals surface area contributed by atoms with E-state index >= 15 is 0 Å². The first-order valence-electron chi connectivity index (χ1n) is 12.4. The maximum atomic E-state index is 13.0. The molecule has 7 nitrogen and oxygen atoms in total.